The number of benzene rings is 1. The van der Waals surface area contributed by atoms with Crippen LogP contribution < -0.4 is 21.0 Å². The van der Waals surface area contributed by atoms with E-state index in [0.717, 1.165) is 31.6 Å². The van der Waals surface area contributed by atoms with Gasteiger partial charge in [0, 0.05) is 98.2 Å². The summed E-state index contributed by atoms with van der Waals surface area (Å²) in [6.07, 6.45) is -0.00594. The van der Waals surface area contributed by atoms with Crippen LogP contribution in [0.3, 0.4) is 0 Å². The number of rotatable bonds is 11. The Bertz CT molecular complexity index is 3050. The van der Waals surface area contributed by atoms with Crippen LogP contribution in [0.1, 0.15) is 82.7 Å². The number of amides is 3. The molecular weight excluding hydrogens is 1070 g/mol. The highest BCUT2D eigenvalue weighted by atomic mass is 32.1. The number of thiazole rings is 1. The van der Waals surface area contributed by atoms with Gasteiger partial charge in [0.05, 0.1) is 91.7 Å². The highest BCUT2D eigenvalue weighted by Crippen LogP contribution is 2.45. The highest BCUT2D eigenvalue weighted by molar-refractivity contribution is 7.10. The van der Waals surface area contributed by atoms with Crippen molar-refractivity contribution in [1.82, 2.24) is 50.3 Å². The van der Waals surface area contributed by atoms with E-state index in [9.17, 15) is 19.2 Å². The number of cyclic esters (lactones) is 1. The van der Waals surface area contributed by atoms with Gasteiger partial charge in [0.15, 0.2) is 0 Å². The lowest BCUT2D eigenvalue weighted by Gasteiger charge is -2.55. The number of pyridine rings is 1. The number of esters is 1. The van der Waals surface area contributed by atoms with Crippen LogP contribution in [0.2, 0.25) is 0 Å². The third-order valence-corrected chi connectivity index (χ3v) is 18.8. The molecule has 7 fully saturated rings. The van der Waals surface area contributed by atoms with Gasteiger partial charge >= 0.3 is 12.1 Å². The predicted molar refractivity (Wildman–Crippen MR) is 297 cm³/mol. The smallest absolute Gasteiger partial charge is 0.406 e. The first-order valence-corrected chi connectivity index (χ1v) is 29.9. The van der Waals surface area contributed by atoms with Crippen molar-refractivity contribution in [1.29, 1.82) is 0 Å². The standard InChI is InChI=1S/C58H76F3N11O8S/c1-33(2)50(69-17-19-80-57(28-69)29-70(30-57)54(75)49-48(65-49)35-9-10-35)52(73)64-43-22-46-63-44(27-81-46)36-11-12-45-39(20-36)41(23-56(4,5)32-79-55(76)42-8-7-13-72(66-42)53(43)74)51(71(45)31-58(59,60)61)40-21-37(24-62-47(40)34(3)77-6)68-15-14-67-16-18-78-26-38(67)25-68/h11-12,20-21,24,27,33-35,38,42-43,48-50,65-66H,7-10,13-19,22-23,25-26,28-32H2,1-6H3,(H,64,73)/t34-,38-,42-,43-,48?,49+,50?/m0/s1. The molecule has 81 heavy (non-hydrogen) atoms. The minimum absolute atomic E-state index is 0.0228. The van der Waals surface area contributed by atoms with Crippen molar-refractivity contribution < 1.29 is 51.3 Å². The number of halogens is 3. The predicted octanol–water partition coefficient (Wildman–Crippen LogP) is 4.95. The fourth-order valence-corrected chi connectivity index (χ4v) is 14.3. The van der Waals surface area contributed by atoms with Crippen LogP contribution in [-0.4, -0.2) is 198 Å². The number of fused-ring (bicyclic) bond motifs is 7. The quantitative estimate of drug-likeness (QED) is 0.135. The van der Waals surface area contributed by atoms with E-state index in [1.165, 1.54) is 20.9 Å². The molecule has 438 valence electrons. The number of morpholine rings is 2. The van der Waals surface area contributed by atoms with E-state index in [4.69, 9.17) is 28.9 Å². The van der Waals surface area contributed by atoms with E-state index < -0.39 is 59.8 Å². The lowest BCUT2D eigenvalue weighted by molar-refractivity contribution is -0.197. The van der Waals surface area contributed by atoms with Crippen molar-refractivity contribution in [2.24, 2.45) is 17.3 Å². The van der Waals surface area contributed by atoms with E-state index in [2.05, 4.69) is 30.8 Å². The molecule has 0 radical (unpaired) electrons. The molecular formula is C58H76F3N11O8S. The Labute approximate surface area is 474 Å². The number of likely N-dealkylation sites (tertiary alicyclic amines) is 1. The summed E-state index contributed by atoms with van der Waals surface area (Å²) in [4.78, 5) is 76.0. The summed E-state index contributed by atoms with van der Waals surface area (Å²) in [5, 5.41) is 10.9. The summed E-state index contributed by atoms with van der Waals surface area (Å²) in [5.41, 5.74) is 6.05. The van der Waals surface area contributed by atoms with E-state index in [0.29, 0.717) is 128 Å². The van der Waals surface area contributed by atoms with Gasteiger partial charge in [0.25, 0.3) is 5.91 Å². The average molecular weight is 1140 g/mol. The monoisotopic (exact) mass is 1140 g/mol. The van der Waals surface area contributed by atoms with Gasteiger partial charge in [-0.05, 0) is 74.6 Å². The molecule has 19 nitrogen and oxygen atoms in total. The molecule has 10 heterocycles. The zero-order valence-electron chi connectivity index (χ0n) is 47.2. The molecule has 3 N–H and O–H groups in total. The number of alkyl halides is 3. The maximum atomic E-state index is 15.2. The summed E-state index contributed by atoms with van der Waals surface area (Å²) >= 11 is 1.33. The number of nitrogens with one attached hydrogen (secondary N) is 3. The molecule has 7 atom stereocenters. The molecule has 1 spiro atoms. The Morgan fingerprint density at radius 1 is 1.01 bits per heavy atom. The van der Waals surface area contributed by atoms with Crippen molar-refractivity contribution in [3.8, 4) is 22.5 Å². The largest absolute Gasteiger partial charge is 0.464 e. The lowest BCUT2D eigenvalue weighted by Crippen LogP contribution is -2.73. The first-order chi connectivity index (χ1) is 38.7. The number of hydrazine groups is 1. The zero-order valence-corrected chi connectivity index (χ0v) is 48.0. The van der Waals surface area contributed by atoms with Gasteiger partial charge in [0.1, 0.15) is 30.3 Å². The summed E-state index contributed by atoms with van der Waals surface area (Å²) in [7, 11) is 1.56. The van der Waals surface area contributed by atoms with Gasteiger partial charge in [-0.3, -0.25) is 44.3 Å². The average Bonchev–Trinajstić information content (AvgIpc) is 3.72. The fraction of sp³-hybridized carbons (Fsp3) is 0.655. The number of ether oxygens (including phenoxy) is 4. The second-order valence-electron chi connectivity index (χ2n) is 25.0. The van der Waals surface area contributed by atoms with Crippen LogP contribution in [0.5, 0.6) is 0 Å². The Hall–Kier alpha value is -5.27. The van der Waals surface area contributed by atoms with Crippen LogP contribution in [0, 0.1) is 17.3 Å². The summed E-state index contributed by atoms with van der Waals surface area (Å²) < 4.78 is 71.2. The SMILES string of the molecule is CO[C@@H](C)c1ncc(N2CCN3CCOC[C@@H]3C2)cc1-c1c2c3cc(ccc3n1CC(F)(F)F)-c1csc(n1)C[C@H](NC(=O)C(C(C)C)N1CCOC3(CN(C(=O)[C@@H]4NC4C4CC4)C3)C1)C(=O)N1CCC[C@H](N1)C(=O)OCC(C)(C)C2. The van der Waals surface area contributed by atoms with Gasteiger partial charge in [-0.2, -0.15) is 13.2 Å². The van der Waals surface area contributed by atoms with Crippen LogP contribution in [-0.2, 0) is 57.5 Å². The molecule has 6 saturated heterocycles. The van der Waals surface area contributed by atoms with Crippen LogP contribution in [0.4, 0.5) is 18.9 Å². The second-order valence-corrected chi connectivity index (χ2v) is 26.0. The topological polar surface area (TPSA) is 198 Å². The first-order valence-electron chi connectivity index (χ1n) is 29.0. The zero-order chi connectivity index (χ0) is 56.7. The Kier molecular flexibility index (Phi) is 15.3. The van der Waals surface area contributed by atoms with E-state index in [1.54, 1.807) is 25.4 Å². The molecule has 1 aromatic carbocycles. The van der Waals surface area contributed by atoms with E-state index in [1.807, 2.05) is 57.0 Å². The minimum atomic E-state index is -4.62. The van der Waals surface area contributed by atoms with Crippen LogP contribution in [0.15, 0.2) is 35.8 Å². The maximum absolute atomic E-state index is 15.2. The molecule has 3 aromatic heterocycles. The summed E-state index contributed by atoms with van der Waals surface area (Å²) in [5.74, 6) is -0.797. The van der Waals surface area contributed by atoms with Crippen LogP contribution in [0.25, 0.3) is 33.4 Å². The minimum Gasteiger partial charge on any atom is -0.464 e. The third-order valence-electron chi connectivity index (χ3n) is 17.9. The highest BCUT2D eigenvalue weighted by Gasteiger charge is 2.57. The van der Waals surface area contributed by atoms with Gasteiger partial charge in [-0.15, -0.1) is 11.3 Å². The number of piperazine rings is 1. The number of hydrogen-bond acceptors (Lipinski definition) is 16. The number of nitrogens with zero attached hydrogens (tertiary/aromatic N) is 8. The van der Waals surface area contributed by atoms with Crippen molar-refractivity contribution in [3.63, 3.8) is 0 Å². The number of anilines is 1. The first kappa shape index (κ1) is 56.2. The van der Waals surface area contributed by atoms with Gasteiger partial charge in [0.2, 0.25) is 11.8 Å². The molecule has 6 bridgehead atoms. The van der Waals surface area contributed by atoms with Crippen LogP contribution >= 0.6 is 11.3 Å². The second kappa shape index (κ2) is 22.1. The van der Waals surface area contributed by atoms with Crippen molar-refractivity contribution >= 4 is 51.6 Å². The molecule has 2 unspecified atom stereocenters. The van der Waals surface area contributed by atoms with Gasteiger partial charge in [-0.1, -0.05) is 33.8 Å². The Morgan fingerprint density at radius 2 is 1.83 bits per heavy atom. The number of methoxy groups -OCH3 is 1. The lowest BCUT2D eigenvalue weighted by atomic mass is 9.84. The number of aromatic nitrogens is 3. The molecule has 12 rings (SSSR count). The molecule has 4 aromatic rings. The third kappa shape index (κ3) is 11.6. The van der Waals surface area contributed by atoms with Gasteiger partial charge < -0.3 is 38.6 Å². The van der Waals surface area contributed by atoms with Crippen molar-refractivity contribution in [3.05, 3.63) is 52.1 Å². The normalized spacial score (nSPS) is 27.1. The number of carbonyl (C=O) groups is 4. The number of hydrogen-bond donors (Lipinski definition) is 3. The Morgan fingerprint density at radius 3 is 2.59 bits per heavy atom. The molecule has 1 saturated carbocycles. The summed E-state index contributed by atoms with van der Waals surface area (Å²) in [6.45, 7) is 15.1. The molecule has 3 amide bonds. The van der Waals surface area contributed by atoms with Crippen molar-refractivity contribution in [2.75, 3.05) is 97.3 Å². The molecule has 23 heteroatoms. The number of carbonyl (C=O) groups excluding carboxylic acids is 4. The molecule has 8 aliphatic rings. The van der Waals surface area contributed by atoms with E-state index in [-0.39, 0.29) is 61.9 Å². The van der Waals surface area contributed by atoms with Gasteiger partial charge in [-0.25, -0.2) is 10.4 Å². The molecule has 7 aliphatic heterocycles. The Balaban J connectivity index is 0.887. The molecule has 1 aliphatic carbocycles. The van der Waals surface area contributed by atoms with E-state index >= 15 is 13.2 Å². The maximum Gasteiger partial charge on any atom is 0.406 e. The summed E-state index contributed by atoms with van der Waals surface area (Å²) in [6, 6.07) is 5.03. The van der Waals surface area contributed by atoms with Crippen molar-refractivity contribution in [2.45, 2.75) is 134 Å². The fourth-order valence-electron chi connectivity index (χ4n) is 13.5.